The van der Waals surface area contributed by atoms with E-state index in [0.29, 0.717) is 11.7 Å². The normalized spacial score (nSPS) is 20.2. The van der Waals surface area contributed by atoms with E-state index in [1.165, 1.54) is 52.8 Å². The largest absolute Gasteiger partial charge is 0.342 e. The van der Waals surface area contributed by atoms with E-state index in [1.807, 2.05) is 16.2 Å². The Labute approximate surface area is 156 Å². The van der Waals surface area contributed by atoms with Gasteiger partial charge in [0.25, 0.3) is 0 Å². The van der Waals surface area contributed by atoms with E-state index in [2.05, 4.69) is 0 Å². The molecule has 0 aromatic carbocycles. The summed E-state index contributed by atoms with van der Waals surface area (Å²) in [5, 5.41) is 2.34. The number of rotatable bonds is 4. The predicted molar refractivity (Wildman–Crippen MR) is 103 cm³/mol. The molecule has 1 saturated carbocycles. The Bertz CT molecular complexity index is 822. The van der Waals surface area contributed by atoms with Gasteiger partial charge in [0.1, 0.15) is 15.7 Å². The third-order valence-electron chi connectivity index (χ3n) is 5.53. The molecule has 0 unspecified atom stereocenters. The number of carbonyl (C=O) groups excluding carboxylic acids is 1. The van der Waals surface area contributed by atoms with Crippen LogP contribution in [0.1, 0.15) is 60.7 Å². The van der Waals surface area contributed by atoms with Crippen LogP contribution < -0.4 is 0 Å². The number of fused-ring (bicyclic) bond motifs is 3. The molecule has 2 aromatic heterocycles. The van der Waals surface area contributed by atoms with Crippen molar-refractivity contribution in [1.29, 1.82) is 0 Å². The molecule has 3 heterocycles. The molecule has 6 heteroatoms. The maximum Gasteiger partial charge on any atom is 0.232 e. The van der Waals surface area contributed by atoms with Crippen molar-refractivity contribution in [3.63, 3.8) is 0 Å². The SMILES string of the molecule is O=C(CSc1nc(C2CC2)nc2sc3c(c12)CCCC3)N1CCCC1. The standard InChI is InChI=1S/C19H23N3OS2/c23-15(22-9-3-4-10-22)11-24-18-16-13-5-1-2-6-14(13)25-19(16)21-17(20-18)12-7-8-12/h12H,1-11H2. The number of thiophene rings is 1. The minimum Gasteiger partial charge on any atom is -0.342 e. The summed E-state index contributed by atoms with van der Waals surface area (Å²) in [6.07, 6.45) is 9.62. The van der Waals surface area contributed by atoms with Crippen LogP contribution in [0.3, 0.4) is 0 Å². The Balaban J connectivity index is 1.48. The van der Waals surface area contributed by atoms with Crippen LogP contribution >= 0.6 is 23.1 Å². The summed E-state index contributed by atoms with van der Waals surface area (Å²) in [7, 11) is 0. The van der Waals surface area contributed by atoms with Gasteiger partial charge in [-0.3, -0.25) is 4.79 Å². The van der Waals surface area contributed by atoms with E-state index in [4.69, 9.17) is 9.97 Å². The van der Waals surface area contributed by atoms with E-state index in [9.17, 15) is 4.79 Å². The highest BCUT2D eigenvalue weighted by molar-refractivity contribution is 8.00. The van der Waals surface area contributed by atoms with E-state index in [-0.39, 0.29) is 5.91 Å². The molecule has 2 fully saturated rings. The fourth-order valence-electron chi connectivity index (χ4n) is 3.96. The van der Waals surface area contributed by atoms with Crippen molar-refractivity contribution < 1.29 is 4.79 Å². The van der Waals surface area contributed by atoms with Crippen molar-refractivity contribution in [2.45, 2.75) is 62.3 Å². The van der Waals surface area contributed by atoms with E-state index in [1.54, 1.807) is 11.8 Å². The van der Waals surface area contributed by atoms with Crippen LogP contribution in [-0.4, -0.2) is 39.6 Å². The number of hydrogen-bond donors (Lipinski definition) is 0. The van der Waals surface area contributed by atoms with Gasteiger partial charge in [0.05, 0.1) is 5.75 Å². The Morgan fingerprint density at radius 1 is 1.12 bits per heavy atom. The Morgan fingerprint density at radius 3 is 2.72 bits per heavy atom. The molecule has 2 aromatic rings. The number of hydrogen-bond acceptors (Lipinski definition) is 5. The fraction of sp³-hybridized carbons (Fsp3) is 0.632. The molecular weight excluding hydrogens is 350 g/mol. The molecule has 1 amide bonds. The molecule has 25 heavy (non-hydrogen) atoms. The van der Waals surface area contributed by atoms with E-state index in [0.717, 1.165) is 43.2 Å². The van der Waals surface area contributed by atoms with Crippen LogP contribution in [0.2, 0.25) is 0 Å². The zero-order valence-corrected chi connectivity index (χ0v) is 16.1. The molecule has 5 rings (SSSR count). The number of aromatic nitrogens is 2. The van der Waals surface area contributed by atoms with Crippen LogP contribution in [0.15, 0.2) is 5.03 Å². The number of likely N-dealkylation sites (tertiary alicyclic amines) is 1. The second-order valence-electron chi connectivity index (χ2n) is 7.43. The number of thioether (sulfide) groups is 1. The van der Waals surface area contributed by atoms with Crippen molar-refractivity contribution in [3.8, 4) is 0 Å². The van der Waals surface area contributed by atoms with Gasteiger partial charge in [0.2, 0.25) is 5.91 Å². The fourth-order valence-corrected chi connectivity index (χ4v) is 6.25. The van der Waals surface area contributed by atoms with Gasteiger partial charge in [-0.15, -0.1) is 11.3 Å². The maximum atomic E-state index is 12.5. The summed E-state index contributed by atoms with van der Waals surface area (Å²) in [5.41, 5.74) is 1.48. The molecular formula is C19H23N3OS2. The quantitative estimate of drug-likeness (QED) is 0.596. The van der Waals surface area contributed by atoms with Crippen LogP contribution in [0.25, 0.3) is 10.2 Å². The molecule has 0 radical (unpaired) electrons. The summed E-state index contributed by atoms with van der Waals surface area (Å²) in [5.74, 6) is 2.35. The Morgan fingerprint density at radius 2 is 1.92 bits per heavy atom. The highest BCUT2D eigenvalue weighted by Gasteiger charge is 2.30. The van der Waals surface area contributed by atoms with Gasteiger partial charge in [-0.2, -0.15) is 0 Å². The average Bonchev–Trinajstić information content (AvgIpc) is 3.20. The zero-order chi connectivity index (χ0) is 16.8. The van der Waals surface area contributed by atoms with Gasteiger partial charge in [0.15, 0.2) is 0 Å². The first-order valence-electron chi connectivity index (χ1n) is 9.52. The van der Waals surface area contributed by atoms with Gasteiger partial charge in [-0.05, 0) is 56.9 Å². The predicted octanol–water partition coefficient (Wildman–Crippen LogP) is 4.16. The van der Waals surface area contributed by atoms with E-state index < -0.39 is 0 Å². The molecule has 1 aliphatic heterocycles. The van der Waals surface area contributed by atoms with Crippen LogP contribution in [0.5, 0.6) is 0 Å². The lowest BCUT2D eigenvalue weighted by molar-refractivity contribution is -0.127. The van der Waals surface area contributed by atoms with E-state index >= 15 is 0 Å². The average molecular weight is 374 g/mol. The van der Waals surface area contributed by atoms with Crippen LogP contribution in [0, 0.1) is 0 Å². The molecule has 4 nitrogen and oxygen atoms in total. The lowest BCUT2D eigenvalue weighted by Crippen LogP contribution is -2.29. The number of aryl methyl sites for hydroxylation is 2. The van der Waals surface area contributed by atoms with Crippen molar-refractivity contribution in [2.24, 2.45) is 0 Å². The van der Waals surface area contributed by atoms with Crippen molar-refractivity contribution in [3.05, 3.63) is 16.3 Å². The Hall–Kier alpha value is -1.14. The molecule has 0 atom stereocenters. The number of carbonyl (C=O) groups is 1. The van der Waals surface area contributed by atoms with Crippen LogP contribution in [-0.2, 0) is 17.6 Å². The summed E-state index contributed by atoms with van der Waals surface area (Å²) in [6, 6.07) is 0. The number of nitrogens with zero attached hydrogens (tertiary/aromatic N) is 3. The lowest BCUT2D eigenvalue weighted by atomic mass is 9.97. The maximum absolute atomic E-state index is 12.5. The van der Waals surface area contributed by atoms with Crippen LogP contribution in [0.4, 0.5) is 0 Å². The highest BCUT2D eigenvalue weighted by Crippen LogP contribution is 2.44. The summed E-state index contributed by atoms with van der Waals surface area (Å²) in [4.78, 5) is 27.0. The molecule has 0 N–H and O–H groups in total. The van der Waals surface area contributed by atoms with Crippen molar-refractivity contribution >= 4 is 39.2 Å². The first kappa shape index (κ1) is 16.1. The summed E-state index contributed by atoms with van der Waals surface area (Å²) >= 11 is 3.52. The first-order chi connectivity index (χ1) is 12.3. The molecule has 0 spiro atoms. The molecule has 132 valence electrons. The first-order valence-corrected chi connectivity index (χ1v) is 11.3. The van der Waals surface area contributed by atoms with Gasteiger partial charge >= 0.3 is 0 Å². The third kappa shape index (κ3) is 3.08. The minimum absolute atomic E-state index is 0.270. The monoisotopic (exact) mass is 373 g/mol. The van der Waals surface area contributed by atoms with Gasteiger partial charge in [0, 0.05) is 29.3 Å². The second kappa shape index (κ2) is 6.54. The van der Waals surface area contributed by atoms with Gasteiger partial charge in [-0.25, -0.2) is 9.97 Å². The lowest BCUT2D eigenvalue weighted by Gasteiger charge is -2.15. The van der Waals surface area contributed by atoms with Crippen molar-refractivity contribution in [1.82, 2.24) is 14.9 Å². The molecule has 0 bridgehead atoms. The smallest absolute Gasteiger partial charge is 0.232 e. The summed E-state index contributed by atoms with van der Waals surface area (Å²) in [6.45, 7) is 1.86. The van der Waals surface area contributed by atoms with Crippen molar-refractivity contribution in [2.75, 3.05) is 18.8 Å². The Kier molecular flexibility index (Phi) is 4.20. The van der Waals surface area contributed by atoms with Gasteiger partial charge in [-0.1, -0.05) is 11.8 Å². The zero-order valence-electron chi connectivity index (χ0n) is 14.4. The third-order valence-corrected chi connectivity index (χ3v) is 7.68. The molecule has 1 saturated heterocycles. The molecule has 2 aliphatic carbocycles. The van der Waals surface area contributed by atoms with Gasteiger partial charge < -0.3 is 4.90 Å². The second-order valence-corrected chi connectivity index (χ2v) is 9.48. The number of amides is 1. The summed E-state index contributed by atoms with van der Waals surface area (Å²) < 4.78 is 0. The minimum atomic E-state index is 0.270. The topological polar surface area (TPSA) is 46.1 Å². The molecule has 3 aliphatic rings. The highest BCUT2D eigenvalue weighted by atomic mass is 32.2.